The molecule has 0 aliphatic heterocycles. The zero-order valence-corrected chi connectivity index (χ0v) is 18.8. The largest absolute Gasteiger partial charge is 0.491 e. The van der Waals surface area contributed by atoms with Gasteiger partial charge in [0.15, 0.2) is 0 Å². The van der Waals surface area contributed by atoms with Crippen molar-refractivity contribution in [2.75, 3.05) is 13.2 Å². The molecule has 1 heterocycles. The van der Waals surface area contributed by atoms with Crippen LogP contribution in [-0.2, 0) is 16.6 Å². The molecule has 1 amide bonds. The predicted molar refractivity (Wildman–Crippen MR) is 127 cm³/mol. The fraction of sp³-hybridized carbons (Fsp3) is 0.125. The molecule has 6 nitrogen and oxygen atoms in total. The molecular formula is C24H22N2O4S2. The standard InChI is InChI=1S/C24H22N2O4S2/c27-24(25-13-14-30-23-12-4-7-18-6-1-2-11-22(18)23)19-8-3-10-21(16-19)32(28,29)26-17-20-9-5-15-31-20/h1-12,15-16,26H,13-14,17H2,(H,25,27). The minimum absolute atomic E-state index is 0.0497. The van der Waals surface area contributed by atoms with E-state index in [1.54, 1.807) is 12.1 Å². The summed E-state index contributed by atoms with van der Waals surface area (Å²) in [6.07, 6.45) is 0. The number of hydrogen-bond donors (Lipinski definition) is 2. The Morgan fingerprint density at radius 3 is 2.59 bits per heavy atom. The van der Waals surface area contributed by atoms with E-state index in [0.29, 0.717) is 6.61 Å². The molecule has 0 radical (unpaired) electrons. The second kappa shape index (κ2) is 9.95. The molecule has 0 saturated carbocycles. The maximum atomic E-state index is 12.6. The third-order valence-corrected chi connectivity index (χ3v) is 7.09. The second-order valence-corrected chi connectivity index (χ2v) is 9.81. The summed E-state index contributed by atoms with van der Waals surface area (Å²) >= 11 is 1.47. The fourth-order valence-electron chi connectivity index (χ4n) is 3.22. The van der Waals surface area contributed by atoms with Crippen LogP contribution in [0, 0.1) is 0 Å². The number of ether oxygens (including phenoxy) is 1. The average molecular weight is 467 g/mol. The topological polar surface area (TPSA) is 84.5 Å². The molecule has 0 aliphatic carbocycles. The summed E-state index contributed by atoms with van der Waals surface area (Å²) in [6.45, 7) is 0.789. The van der Waals surface area contributed by atoms with Gasteiger partial charge in [-0.15, -0.1) is 11.3 Å². The van der Waals surface area contributed by atoms with Crippen molar-refractivity contribution in [1.82, 2.24) is 10.0 Å². The Morgan fingerprint density at radius 2 is 1.75 bits per heavy atom. The van der Waals surface area contributed by atoms with Gasteiger partial charge in [-0.1, -0.05) is 48.5 Å². The zero-order valence-electron chi connectivity index (χ0n) is 17.2. The van der Waals surface area contributed by atoms with E-state index >= 15 is 0 Å². The van der Waals surface area contributed by atoms with Crippen molar-refractivity contribution in [3.8, 4) is 5.75 Å². The Balaban J connectivity index is 1.33. The van der Waals surface area contributed by atoms with E-state index in [2.05, 4.69) is 10.0 Å². The van der Waals surface area contributed by atoms with Gasteiger partial charge in [-0.2, -0.15) is 0 Å². The van der Waals surface area contributed by atoms with Crippen LogP contribution in [0.15, 0.2) is 89.1 Å². The molecular weight excluding hydrogens is 444 g/mol. The van der Waals surface area contributed by atoms with Crippen LogP contribution in [0.4, 0.5) is 0 Å². The number of rotatable bonds is 9. The monoisotopic (exact) mass is 466 g/mol. The van der Waals surface area contributed by atoms with Crippen LogP contribution < -0.4 is 14.8 Å². The van der Waals surface area contributed by atoms with Crippen molar-refractivity contribution in [2.45, 2.75) is 11.4 Å². The van der Waals surface area contributed by atoms with Crippen LogP contribution in [0.1, 0.15) is 15.2 Å². The Kier molecular flexibility index (Phi) is 6.84. The van der Waals surface area contributed by atoms with E-state index < -0.39 is 10.0 Å². The van der Waals surface area contributed by atoms with Crippen LogP contribution in [0.5, 0.6) is 5.75 Å². The fourth-order valence-corrected chi connectivity index (χ4v) is 5.00. The highest BCUT2D eigenvalue weighted by molar-refractivity contribution is 7.89. The van der Waals surface area contributed by atoms with Gasteiger partial charge in [0.2, 0.25) is 10.0 Å². The van der Waals surface area contributed by atoms with Crippen molar-refractivity contribution < 1.29 is 17.9 Å². The molecule has 164 valence electrons. The van der Waals surface area contributed by atoms with Crippen molar-refractivity contribution in [2.24, 2.45) is 0 Å². The summed E-state index contributed by atoms with van der Waals surface area (Å²) in [5.41, 5.74) is 0.272. The molecule has 0 bridgehead atoms. The first-order chi connectivity index (χ1) is 15.5. The molecule has 0 atom stereocenters. The molecule has 0 spiro atoms. The zero-order chi connectivity index (χ0) is 22.4. The van der Waals surface area contributed by atoms with E-state index in [-0.39, 0.29) is 29.5 Å². The minimum atomic E-state index is -3.72. The molecule has 0 unspecified atom stereocenters. The lowest BCUT2D eigenvalue weighted by molar-refractivity contribution is 0.0947. The Bertz CT molecular complexity index is 1310. The van der Waals surface area contributed by atoms with E-state index in [4.69, 9.17) is 4.74 Å². The number of benzene rings is 3. The van der Waals surface area contributed by atoms with Crippen molar-refractivity contribution in [3.05, 3.63) is 94.7 Å². The summed E-state index contributed by atoms with van der Waals surface area (Å²) in [6, 6.07) is 23.5. The van der Waals surface area contributed by atoms with Gasteiger partial charge in [0.25, 0.3) is 5.91 Å². The second-order valence-electron chi connectivity index (χ2n) is 7.01. The highest BCUT2D eigenvalue weighted by Crippen LogP contribution is 2.24. The van der Waals surface area contributed by atoms with Gasteiger partial charge in [-0.3, -0.25) is 4.79 Å². The maximum absolute atomic E-state index is 12.6. The number of nitrogens with one attached hydrogen (secondary N) is 2. The molecule has 3 aromatic carbocycles. The summed E-state index contributed by atoms with van der Waals surface area (Å²) in [4.78, 5) is 13.5. The first-order valence-corrected chi connectivity index (χ1v) is 12.4. The third kappa shape index (κ3) is 5.34. The van der Waals surface area contributed by atoms with Crippen molar-refractivity contribution in [3.63, 3.8) is 0 Å². The Labute approximate surface area is 190 Å². The van der Waals surface area contributed by atoms with Gasteiger partial charge < -0.3 is 10.1 Å². The number of thiophene rings is 1. The van der Waals surface area contributed by atoms with E-state index in [1.807, 2.05) is 60.0 Å². The predicted octanol–water partition coefficient (Wildman–Crippen LogP) is 4.19. The lowest BCUT2D eigenvalue weighted by Gasteiger charge is -2.11. The van der Waals surface area contributed by atoms with Gasteiger partial charge in [-0.25, -0.2) is 13.1 Å². The van der Waals surface area contributed by atoms with Crippen molar-refractivity contribution in [1.29, 1.82) is 0 Å². The molecule has 4 aromatic rings. The van der Waals surface area contributed by atoms with Crippen LogP contribution in [0.2, 0.25) is 0 Å². The number of sulfonamides is 1. The van der Waals surface area contributed by atoms with E-state index in [9.17, 15) is 13.2 Å². The van der Waals surface area contributed by atoms with Gasteiger partial charge in [0, 0.05) is 22.4 Å². The van der Waals surface area contributed by atoms with Gasteiger partial charge in [-0.05, 0) is 41.1 Å². The molecule has 4 rings (SSSR count). The van der Waals surface area contributed by atoms with Crippen LogP contribution in [0.25, 0.3) is 10.8 Å². The molecule has 0 aliphatic rings. The van der Waals surface area contributed by atoms with Crippen LogP contribution in [-0.4, -0.2) is 27.5 Å². The Morgan fingerprint density at radius 1 is 0.938 bits per heavy atom. The number of amides is 1. The first-order valence-electron chi connectivity index (χ1n) is 10.0. The molecule has 8 heteroatoms. The SMILES string of the molecule is O=C(NCCOc1cccc2ccccc12)c1cccc(S(=O)(=O)NCc2cccs2)c1. The van der Waals surface area contributed by atoms with Gasteiger partial charge in [0.1, 0.15) is 12.4 Å². The lowest BCUT2D eigenvalue weighted by atomic mass is 10.1. The van der Waals surface area contributed by atoms with Gasteiger partial charge in [0.05, 0.1) is 11.4 Å². The Hall–Kier alpha value is -3.20. The molecule has 0 fully saturated rings. The number of carbonyl (C=O) groups excluding carboxylic acids is 1. The molecule has 0 saturated heterocycles. The van der Waals surface area contributed by atoms with Crippen molar-refractivity contribution >= 4 is 38.0 Å². The summed E-state index contributed by atoms with van der Waals surface area (Å²) < 4.78 is 33.5. The number of carbonyl (C=O) groups is 1. The quantitative estimate of drug-likeness (QED) is 0.362. The number of fused-ring (bicyclic) bond motifs is 1. The smallest absolute Gasteiger partial charge is 0.251 e. The molecule has 32 heavy (non-hydrogen) atoms. The lowest BCUT2D eigenvalue weighted by Crippen LogP contribution is -2.28. The van der Waals surface area contributed by atoms with Gasteiger partial charge >= 0.3 is 0 Å². The average Bonchev–Trinajstić information content (AvgIpc) is 3.34. The minimum Gasteiger partial charge on any atom is -0.491 e. The van der Waals surface area contributed by atoms with Crippen LogP contribution in [0.3, 0.4) is 0 Å². The first kappa shape index (κ1) is 22.0. The van der Waals surface area contributed by atoms with Crippen LogP contribution >= 0.6 is 11.3 Å². The highest BCUT2D eigenvalue weighted by Gasteiger charge is 2.16. The number of hydrogen-bond acceptors (Lipinski definition) is 5. The van der Waals surface area contributed by atoms with E-state index in [0.717, 1.165) is 21.4 Å². The van der Waals surface area contributed by atoms with E-state index in [1.165, 1.54) is 23.5 Å². The maximum Gasteiger partial charge on any atom is 0.251 e. The molecule has 2 N–H and O–H groups in total. The summed E-state index contributed by atoms with van der Waals surface area (Å²) in [5.74, 6) is 0.393. The molecule has 1 aromatic heterocycles. The summed E-state index contributed by atoms with van der Waals surface area (Å²) in [7, 11) is -3.72. The third-order valence-electron chi connectivity index (χ3n) is 4.82. The normalized spacial score (nSPS) is 11.4. The highest BCUT2D eigenvalue weighted by atomic mass is 32.2. The summed E-state index contributed by atoms with van der Waals surface area (Å²) in [5, 5.41) is 6.75.